The van der Waals surface area contributed by atoms with E-state index in [0.717, 1.165) is 5.56 Å². The van der Waals surface area contributed by atoms with Gasteiger partial charge in [-0.1, -0.05) is 53.5 Å². The van der Waals surface area contributed by atoms with E-state index in [1.807, 2.05) is 19.1 Å². The van der Waals surface area contributed by atoms with Crippen LogP contribution in [0.2, 0.25) is 10.0 Å². The van der Waals surface area contributed by atoms with Crippen molar-refractivity contribution in [3.63, 3.8) is 0 Å². The van der Waals surface area contributed by atoms with Crippen molar-refractivity contribution in [2.24, 2.45) is 4.99 Å². The first kappa shape index (κ1) is 19.2. The van der Waals surface area contributed by atoms with Crippen molar-refractivity contribution in [3.8, 4) is 11.6 Å². The molecule has 144 valence electrons. The lowest BCUT2D eigenvalue weighted by Gasteiger charge is -2.14. The standard InChI is InChI=1S/C23H16Cl2N2O2/c1-14-9-10-16(25)12-21(14)26-13-20-18-7-2-3-8-19(18)22(28)27(23(20)29)17-6-4-5-15(24)11-17/h2-13,29H,1H3. The summed E-state index contributed by atoms with van der Waals surface area (Å²) in [5.41, 5.74) is 2.19. The number of benzene rings is 3. The molecule has 4 aromatic rings. The van der Waals surface area contributed by atoms with Crippen molar-refractivity contribution in [2.75, 3.05) is 0 Å². The van der Waals surface area contributed by atoms with Crippen LogP contribution in [0.4, 0.5) is 5.69 Å². The largest absolute Gasteiger partial charge is 0.494 e. The van der Waals surface area contributed by atoms with Crippen molar-refractivity contribution in [3.05, 3.63) is 98.3 Å². The highest BCUT2D eigenvalue weighted by Crippen LogP contribution is 2.28. The van der Waals surface area contributed by atoms with E-state index >= 15 is 0 Å². The highest BCUT2D eigenvalue weighted by Gasteiger charge is 2.16. The topological polar surface area (TPSA) is 54.6 Å². The van der Waals surface area contributed by atoms with Crippen molar-refractivity contribution in [1.29, 1.82) is 0 Å². The molecule has 0 saturated carbocycles. The van der Waals surface area contributed by atoms with Gasteiger partial charge >= 0.3 is 0 Å². The molecule has 29 heavy (non-hydrogen) atoms. The Balaban J connectivity index is 2.00. The smallest absolute Gasteiger partial charge is 0.265 e. The lowest BCUT2D eigenvalue weighted by molar-refractivity contribution is 0.436. The maximum Gasteiger partial charge on any atom is 0.265 e. The van der Waals surface area contributed by atoms with Gasteiger partial charge in [0, 0.05) is 27.0 Å². The molecule has 0 aliphatic heterocycles. The Bertz CT molecular complexity index is 1330. The number of hydrogen-bond donors (Lipinski definition) is 1. The van der Waals surface area contributed by atoms with Crippen LogP contribution in [0.1, 0.15) is 11.1 Å². The average molecular weight is 423 g/mol. The Labute approximate surface area is 177 Å². The summed E-state index contributed by atoms with van der Waals surface area (Å²) in [6.45, 7) is 1.92. The molecule has 0 radical (unpaired) electrons. The zero-order valence-electron chi connectivity index (χ0n) is 15.4. The van der Waals surface area contributed by atoms with Gasteiger partial charge in [0.2, 0.25) is 5.88 Å². The predicted octanol–water partition coefficient (Wildman–Crippen LogP) is 6.06. The van der Waals surface area contributed by atoms with Crippen LogP contribution >= 0.6 is 23.2 Å². The number of hydrogen-bond acceptors (Lipinski definition) is 3. The Hall–Kier alpha value is -3.08. The molecule has 3 aromatic carbocycles. The molecule has 0 aliphatic rings. The lowest BCUT2D eigenvalue weighted by Crippen LogP contribution is -2.20. The zero-order chi connectivity index (χ0) is 20.5. The third-order valence-electron chi connectivity index (χ3n) is 4.67. The van der Waals surface area contributed by atoms with Crippen LogP contribution in [-0.2, 0) is 0 Å². The van der Waals surface area contributed by atoms with Gasteiger partial charge in [-0.2, -0.15) is 0 Å². The Morgan fingerprint density at radius 2 is 1.66 bits per heavy atom. The number of fused-ring (bicyclic) bond motifs is 1. The van der Waals surface area contributed by atoms with Crippen molar-refractivity contribution >= 4 is 45.9 Å². The van der Waals surface area contributed by atoms with E-state index in [1.54, 1.807) is 60.8 Å². The van der Waals surface area contributed by atoms with Crippen LogP contribution < -0.4 is 5.56 Å². The molecule has 0 amide bonds. The highest BCUT2D eigenvalue weighted by atomic mass is 35.5. The fraction of sp³-hybridized carbons (Fsp3) is 0.0435. The van der Waals surface area contributed by atoms with Crippen molar-refractivity contribution in [2.45, 2.75) is 6.92 Å². The quantitative estimate of drug-likeness (QED) is 0.407. The number of aliphatic imine (C=N–C) groups is 1. The van der Waals surface area contributed by atoms with Gasteiger partial charge in [0.25, 0.3) is 5.56 Å². The van der Waals surface area contributed by atoms with Crippen molar-refractivity contribution < 1.29 is 5.11 Å². The second kappa shape index (κ2) is 7.74. The van der Waals surface area contributed by atoms with Gasteiger partial charge in [0.15, 0.2) is 0 Å². The van der Waals surface area contributed by atoms with E-state index in [1.165, 1.54) is 4.57 Å². The number of rotatable bonds is 3. The lowest BCUT2D eigenvalue weighted by atomic mass is 10.1. The molecular weight excluding hydrogens is 407 g/mol. The normalized spacial score (nSPS) is 11.4. The summed E-state index contributed by atoms with van der Waals surface area (Å²) in [5, 5.41) is 13.1. The molecule has 4 rings (SSSR count). The maximum atomic E-state index is 13.1. The average Bonchev–Trinajstić information content (AvgIpc) is 2.70. The van der Waals surface area contributed by atoms with E-state index in [9.17, 15) is 9.90 Å². The molecule has 4 nitrogen and oxygen atoms in total. The van der Waals surface area contributed by atoms with Crippen molar-refractivity contribution in [1.82, 2.24) is 4.57 Å². The molecule has 0 spiro atoms. The second-order valence-electron chi connectivity index (χ2n) is 6.59. The SMILES string of the molecule is Cc1ccc(Cl)cc1N=Cc1c(O)n(-c2cccc(Cl)c2)c(=O)c2ccccc12. The van der Waals surface area contributed by atoms with Gasteiger partial charge in [-0.3, -0.25) is 9.79 Å². The minimum absolute atomic E-state index is 0.209. The van der Waals surface area contributed by atoms with Crippen LogP contribution in [0, 0.1) is 6.92 Å². The Kier molecular flexibility index (Phi) is 5.14. The Morgan fingerprint density at radius 3 is 2.41 bits per heavy atom. The molecule has 1 N–H and O–H groups in total. The maximum absolute atomic E-state index is 13.1. The van der Waals surface area contributed by atoms with Crippen LogP contribution in [0.3, 0.4) is 0 Å². The molecule has 6 heteroatoms. The number of aryl methyl sites for hydroxylation is 1. The third-order valence-corrected chi connectivity index (χ3v) is 5.14. The molecular formula is C23H16Cl2N2O2. The molecule has 0 saturated heterocycles. The first-order valence-corrected chi connectivity index (χ1v) is 9.64. The minimum Gasteiger partial charge on any atom is -0.494 e. The van der Waals surface area contributed by atoms with Gasteiger partial charge < -0.3 is 5.11 Å². The number of aromatic hydroxyl groups is 1. The van der Waals surface area contributed by atoms with Gasteiger partial charge in [0.05, 0.1) is 16.9 Å². The Morgan fingerprint density at radius 1 is 0.931 bits per heavy atom. The first-order chi connectivity index (χ1) is 14.0. The third kappa shape index (κ3) is 3.65. The number of aromatic nitrogens is 1. The van der Waals surface area contributed by atoms with E-state index in [4.69, 9.17) is 23.2 Å². The fourth-order valence-corrected chi connectivity index (χ4v) is 3.55. The summed E-state index contributed by atoms with van der Waals surface area (Å²) in [6.07, 6.45) is 1.55. The highest BCUT2D eigenvalue weighted by molar-refractivity contribution is 6.31. The zero-order valence-corrected chi connectivity index (χ0v) is 16.9. The van der Waals surface area contributed by atoms with Crippen LogP contribution in [0.25, 0.3) is 16.5 Å². The van der Waals surface area contributed by atoms with E-state index in [2.05, 4.69) is 4.99 Å². The molecule has 0 atom stereocenters. The van der Waals surface area contributed by atoms with Gasteiger partial charge in [-0.05, 0) is 48.9 Å². The van der Waals surface area contributed by atoms with Gasteiger partial charge in [-0.25, -0.2) is 4.57 Å². The summed E-state index contributed by atoms with van der Waals surface area (Å²) < 4.78 is 1.24. The molecule has 0 aliphatic carbocycles. The summed E-state index contributed by atoms with van der Waals surface area (Å²) in [4.78, 5) is 17.6. The number of pyridine rings is 1. The van der Waals surface area contributed by atoms with E-state index < -0.39 is 0 Å². The summed E-state index contributed by atoms with van der Waals surface area (Å²) in [6, 6.07) is 19.3. The summed E-state index contributed by atoms with van der Waals surface area (Å²) in [7, 11) is 0. The minimum atomic E-state index is -0.337. The summed E-state index contributed by atoms with van der Waals surface area (Å²) >= 11 is 12.2. The van der Waals surface area contributed by atoms with Crippen LogP contribution in [-0.4, -0.2) is 15.9 Å². The molecule has 0 fully saturated rings. The van der Waals surface area contributed by atoms with Crippen LogP contribution in [0.5, 0.6) is 5.88 Å². The number of nitrogens with zero attached hydrogens (tertiary/aromatic N) is 2. The predicted molar refractivity (Wildman–Crippen MR) is 120 cm³/mol. The second-order valence-corrected chi connectivity index (χ2v) is 7.47. The van der Waals surface area contributed by atoms with E-state index in [-0.39, 0.29) is 11.4 Å². The van der Waals surface area contributed by atoms with Gasteiger partial charge in [0.1, 0.15) is 0 Å². The molecule has 1 heterocycles. The molecule has 0 unspecified atom stereocenters. The monoisotopic (exact) mass is 422 g/mol. The summed E-state index contributed by atoms with van der Waals surface area (Å²) in [5.74, 6) is -0.209. The fourth-order valence-electron chi connectivity index (χ4n) is 3.20. The van der Waals surface area contributed by atoms with E-state index in [0.29, 0.717) is 37.8 Å². The number of halogens is 2. The first-order valence-electron chi connectivity index (χ1n) is 8.88. The molecule has 1 aromatic heterocycles. The molecule has 0 bridgehead atoms. The van der Waals surface area contributed by atoms with Gasteiger partial charge in [-0.15, -0.1) is 0 Å². The van der Waals surface area contributed by atoms with Crippen LogP contribution in [0.15, 0.2) is 76.5 Å².